The second-order valence-corrected chi connectivity index (χ2v) is 5.20. The number of amides is 1. The third kappa shape index (κ3) is 4.66. The molecule has 0 aromatic heterocycles. The lowest BCUT2D eigenvalue weighted by Crippen LogP contribution is -2.32. The van der Waals surface area contributed by atoms with Gasteiger partial charge in [-0.15, -0.1) is 0 Å². The first-order valence-corrected chi connectivity index (χ1v) is 6.55. The van der Waals surface area contributed by atoms with Crippen LogP contribution in [0.1, 0.15) is 30.1 Å². The van der Waals surface area contributed by atoms with E-state index in [4.69, 9.17) is 16.7 Å². The summed E-state index contributed by atoms with van der Waals surface area (Å²) in [6, 6.07) is 4.68. The second-order valence-electron chi connectivity index (χ2n) is 3.94. The predicted octanol–water partition coefficient (Wildman–Crippen LogP) is 3.09. The van der Waals surface area contributed by atoms with Crippen molar-refractivity contribution in [3.8, 4) is 0 Å². The molecule has 6 heteroatoms. The molecule has 1 amide bonds. The monoisotopic (exact) mass is 333 g/mol. The third-order valence-corrected chi connectivity index (χ3v) is 3.56. The van der Waals surface area contributed by atoms with E-state index < -0.39 is 5.97 Å². The molecule has 1 rings (SSSR count). The molecule has 0 bridgehead atoms. The van der Waals surface area contributed by atoms with Crippen LogP contribution in [-0.4, -0.2) is 23.0 Å². The molecule has 0 aliphatic carbocycles. The van der Waals surface area contributed by atoms with Crippen LogP contribution in [-0.2, 0) is 4.79 Å². The zero-order valence-corrected chi connectivity index (χ0v) is 12.1. The SMILES string of the molecule is CC(CCC(=O)O)NC(=O)c1ccc(Cl)c(Br)c1. The van der Waals surface area contributed by atoms with Crippen LogP contribution in [0.2, 0.25) is 5.02 Å². The van der Waals surface area contributed by atoms with Gasteiger partial charge in [0.05, 0.1) is 5.02 Å². The topological polar surface area (TPSA) is 66.4 Å². The molecule has 0 aliphatic heterocycles. The van der Waals surface area contributed by atoms with Gasteiger partial charge in [-0.1, -0.05) is 11.6 Å². The van der Waals surface area contributed by atoms with Crippen molar-refractivity contribution in [2.75, 3.05) is 0 Å². The van der Waals surface area contributed by atoms with E-state index in [1.165, 1.54) is 0 Å². The highest BCUT2D eigenvalue weighted by Crippen LogP contribution is 2.23. The molecule has 0 saturated carbocycles. The molecule has 1 aromatic carbocycles. The Hall–Kier alpha value is -1.07. The Balaban J connectivity index is 2.59. The van der Waals surface area contributed by atoms with Gasteiger partial charge in [0.1, 0.15) is 0 Å². The zero-order chi connectivity index (χ0) is 13.7. The highest BCUT2D eigenvalue weighted by atomic mass is 79.9. The van der Waals surface area contributed by atoms with Gasteiger partial charge in [0.15, 0.2) is 0 Å². The molecule has 0 fully saturated rings. The van der Waals surface area contributed by atoms with Crippen LogP contribution in [0, 0.1) is 0 Å². The summed E-state index contributed by atoms with van der Waals surface area (Å²) in [5.74, 6) is -1.12. The maximum atomic E-state index is 11.8. The summed E-state index contributed by atoms with van der Waals surface area (Å²) in [5.41, 5.74) is 0.480. The number of aliphatic carboxylic acids is 1. The fraction of sp³-hybridized carbons (Fsp3) is 0.333. The molecule has 4 nitrogen and oxygen atoms in total. The zero-order valence-electron chi connectivity index (χ0n) is 9.74. The molecule has 1 unspecified atom stereocenters. The molecule has 0 saturated heterocycles. The number of rotatable bonds is 5. The van der Waals surface area contributed by atoms with E-state index in [1.807, 2.05) is 0 Å². The fourth-order valence-electron chi connectivity index (χ4n) is 1.36. The maximum Gasteiger partial charge on any atom is 0.303 e. The number of carboxylic acids is 1. The van der Waals surface area contributed by atoms with Crippen molar-refractivity contribution in [1.82, 2.24) is 5.32 Å². The van der Waals surface area contributed by atoms with E-state index in [1.54, 1.807) is 25.1 Å². The van der Waals surface area contributed by atoms with Crippen LogP contribution in [0.3, 0.4) is 0 Å². The average molecular weight is 335 g/mol. The van der Waals surface area contributed by atoms with Crippen LogP contribution in [0.5, 0.6) is 0 Å². The quantitative estimate of drug-likeness (QED) is 0.869. The molecule has 98 valence electrons. The van der Waals surface area contributed by atoms with Crippen molar-refractivity contribution in [1.29, 1.82) is 0 Å². The number of nitrogens with one attached hydrogen (secondary N) is 1. The Morgan fingerprint density at radius 3 is 2.72 bits per heavy atom. The van der Waals surface area contributed by atoms with E-state index in [2.05, 4.69) is 21.2 Å². The molecule has 2 N–H and O–H groups in total. The summed E-state index contributed by atoms with van der Waals surface area (Å²) < 4.78 is 0.648. The summed E-state index contributed by atoms with van der Waals surface area (Å²) >= 11 is 9.07. The normalized spacial score (nSPS) is 11.9. The van der Waals surface area contributed by atoms with Gasteiger partial charge >= 0.3 is 5.97 Å². The van der Waals surface area contributed by atoms with Crippen molar-refractivity contribution in [2.24, 2.45) is 0 Å². The first-order valence-electron chi connectivity index (χ1n) is 5.38. The number of carbonyl (C=O) groups excluding carboxylic acids is 1. The molecule has 1 aromatic rings. The first kappa shape index (κ1) is 15.0. The van der Waals surface area contributed by atoms with Crippen LogP contribution < -0.4 is 5.32 Å². The summed E-state index contributed by atoms with van der Waals surface area (Å²) in [5, 5.41) is 11.8. The van der Waals surface area contributed by atoms with Gasteiger partial charge in [-0.2, -0.15) is 0 Å². The molecular weight excluding hydrogens is 321 g/mol. The van der Waals surface area contributed by atoms with Crippen LogP contribution in [0.15, 0.2) is 22.7 Å². The Labute approximate surface area is 118 Å². The molecule has 0 aliphatic rings. The standard InChI is InChI=1S/C12H13BrClNO3/c1-7(2-5-11(16)17)15-12(18)8-3-4-10(14)9(13)6-8/h3-4,6-7H,2,5H2,1H3,(H,15,18)(H,16,17). The molecule has 0 heterocycles. The van der Waals surface area contributed by atoms with Crippen molar-refractivity contribution in [3.05, 3.63) is 33.3 Å². The Bertz CT molecular complexity index is 465. The van der Waals surface area contributed by atoms with E-state index in [9.17, 15) is 9.59 Å². The van der Waals surface area contributed by atoms with E-state index in [-0.39, 0.29) is 18.4 Å². The van der Waals surface area contributed by atoms with Gasteiger partial charge in [0.2, 0.25) is 0 Å². The summed E-state index contributed by atoms with van der Waals surface area (Å²) in [4.78, 5) is 22.2. The summed E-state index contributed by atoms with van der Waals surface area (Å²) in [7, 11) is 0. The van der Waals surface area contributed by atoms with Gasteiger partial charge in [-0.25, -0.2) is 0 Å². The number of hydrogen-bond acceptors (Lipinski definition) is 2. The number of carboxylic acid groups (broad SMARTS) is 1. The second kappa shape index (κ2) is 6.75. The van der Waals surface area contributed by atoms with E-state index in [0.29, 0.717) is 21.5 Å². The lowest BCUT2D eigenvalue weighted by Gasteiger charge is -2.13. The van der Waals surface area contributed by atoms with Gasteiger partial charge in [-0.3, -0.25) is 9.59 Å². The molecular formula is C12H13BrClNO3. The van der Waals surface area contributed by atoms with Crippen LogP contribution >= 0.6 is 27.5 Å². The van der Waals surface area contributed by atoms with E-state index in [0.717, 1.165) is 0 Å². The van der Waals surface area contributed by atoms with Crippen molar-refractivity contribution in [2.45, 2.75) is 25.8 Å². The highest BCUT2D eigenvalue weighted by molar-refractivity contribution is 9.10. The average Bonchev–Trinajstić information content (AvgIpc) is 2.30. The highest BCUT2D eigenvalue weighted by Gasteiger charge is 2.12. The Morgan fingerprint density at radius 1 is 1.50 bits per heavy atom. The van der Waals surface area contributed by atoms with Crippen molar-refractivity contribution >= 4 is 39.4 Å². The fourth-order valence-corrected chi connectivity index (χ4v) is 1.85. The molecule has 0 spiro atoms. The number of halogens is 2. The van der Waals surface area contributed by atoms with Crippen molar-refractivity contribution in [3.63, 3.8) is 0 Å². The third-order valence-electron chi connectivity index (χ3n) is 2.35. The summed E-state index contributed by atoms with van der Waals surface area (Å²) in [6.45, 7) is 1.77. The minimum atomic E-state index is -0.870. The Morgan fingerprint density at radius 2 is 2.17 bits per heavy atom. The van der Waals surface area contributed by atoms with Gasteiger partial charge in [0.25, 0.3) is 5.91 Å². The van der Waals surface area contributed by atoms with Gasteiger partial charge in [0, 0.05) is 22.5 Å². The first-order chi connectivity index (χ1) is 8.40. The minimum absolute atomic E-state index is 0.0335. The largest absolute Gasteiger partial charge is 0.481 e. The maximum absolute atomic E-state index is 11.8. The van der Waals surface area contributed by atoms with E-state index >= 15 is 0 Å². The number of hydrogen-bond donors (Lipinski definition) is 2. The lowest BCUT2D eigenvalue weighted by molar-refractivity contribution is -0.137. The summed E-state index contributed by atoms with van der Waals surface area (Å²) in [6.07, 6.45) is 0.432. The molecule has 1 atom stereocenters. The van der Waals surface area contributed by atoms with Gasteiger partial charge in [-0.05, 0) is 47.5 Å². The van der Waals surface area contributed by atoms with Crippen LogP contribution in [0.25, 0.3) is 0 Å². The number of carbonyl (C=O) groups is 2. The minimum Gasteiger partial charge on any atom is -0.481 e. The van der Waals surface area contributed by atoms with Crippen molar-refractivity contribution < 1.29 is 14.7 Å². The lowest BCUT2D eigenvalue weighted by atomic mass is 10.1. The van der Waals surface area contributed by atoms with Gasteiger partial charge < -0.3 is 10.4 Å². The molecule has 0 radical (unpaired) electrons. The molecule has 18 heavy (non-hydrogen) atoms. The predicted molar refractivity (Wildman–Crippen MR) is 73.0 cm³/mol. The van der Waals surface area contributed by atoms with Crippen LogP contribution in [0.4, 0.5) is 0 Å². The Kier molecular flexibility index (Phi) is 5.62. The number of benzene rings is 1. The smallest absolute Gasteiger partial charge is 0.303 e.